The van der Waals surface area contributed by atoms with Crippen LogP contribution in [-0.2, 0) is 14.3 Å². The van der Waals surface area contributed by atoms with Gasteiger partial charge in [0.15, 0.2) is 0 Å². The summed E-state index contributed by atoms with van der Waals surface area (Å²) in [6.45, 7) is 4.97. The van der Waals surface area contributed by atoms with E-state index in [9.17, 15) is 19.8 Å². The fourth-order valence-electron chi connectivity index (χ4n) is 11.1. The molecule has 0 aliphatic rings. The van der Waals surface area contributed by atoms with E-state index in [1.807, 2.05) is 0 Å². The van der Waals surface area contributed by atoms with Crippen molar-refractivity contribution < 1.29 is 24.5 Å². The lowest BCUT2D eigenvalue weighted by molar-refractivity contribution is -0.143. The van der Waals surface area contributed by atoms with E-state index in [0.717, 1.165) is 44.9 Å². The van der Waals surface area contributed by atoms with E-state index in [-0.39, 0.29) is 18.5 Å². The van der Waals surface area contributed by atoms with Crippen LogP contribution in [0.1, 0.15) is 393 Å². The van der Waals surface area contributed by atoms with Crippen molar-refractivity contribution in [2.45, 2.75) is 405 Å². The standard InChI is InChI=1S/C69H135NO5/c1-3-5-7-9-11-13-15-37-41-45-49-53-57-61-67(72)66(65-71)70-68(73)62-58-54-50-46-42-39-35-33-31-29-27-25-23-21-19-17-18-20-22-24-26-28-30-32-34-36-40-44-48-52-56-60-64-75-69(74)63-59-55-51-47-43-38-16-14-12-10-8-6-4-2/h14,16,66-67,71-72H,3-13,15,17-65H2,1-2H3,(H,70,73)/b16-14-. The molecule has 0 heterocycles. The molecule has 0 aromatic carbocycles. The Balaban J connectivity index is 3.30. The smallest absolute Gasteiger partial charge is 0.305 e. The average molecular weight is 1060 g/mol. The highest BCUT2D eigenvalue weighted by atomic mass is 16.5. The SMILES string of the molecule is CCCCCC/C=C\CCCCCCCC(=O)OCCCCCCCCCCCCCCCCCCCCCCCCCCCCCCCCCCC(=O)NC(CO)C(O)CCCCCCCCCCCCCCC. The molecule has 0 saturated heterocycles. The van der Waals surface area contributed by atoms with Crippen LogP contribution in [0.25, 0.3) is 0 Å². The van der Waals surface area contributed by atoms with Gasteiger partial charge in [0.25, 0.3) is 0 Å². The van der Waals surface area contributed by atoms with Gasteiger partial charge >= 0.3 is 5.97 Å². The number of aliphatic hydroxyl groups excluding tert-OH is 2. The predicted molar refractivity (Wildman–Crippen MR) is 329 cm³/mol. The van der Waals surface area contributed by atoms with Gasteiger partial charge in [0, 0.05) is 12.8 Å². The Hall–Kier alpha value is -1.40. The summed E-state index contributed by atoms with van der Waals surface area (Å²) >= 11 is 0. The Morgan fingerprint density at radius 2 is 0.627 bits per heavy atom. The number of nitrogens with one attached hydrogen (secondary N) is 1. The quantitative estimate of drug-likeness (QED) is 0.0320. The van der Waals surface area contributed by atoms with Gasteiger partial charge in [-0.1, -0.05) is 341 Å². The van der Waals surface area contributed by atoms with Gasteiger partial charge in [-0.05, 0) is 51.4 Å². The summed E-state index contributed by atoms with van der Waals surface area (Å²) in [5.41, 5.74) is 0. The van der Waals surface area contributed by atoms with Crippen molar-refractivity contribution >= 4 is 11.9 Å². The van der Waals surface area contributed by atoms with E-state index < -0.39 is 12.1 Å². The molecule has 0 aliphatic heterocycles. The summed E-state index contributed by atoms with van der Waals surface area (Å²) in [5.74, 6) is -0.0156. The first-order chi connectivity index (χ1) is 37.0. The third kappa shape index (κ3) is 61.7. The van der Waals surface area contributed by atoms with Crippen molar-refractivity contribution in [1.29, 1.82) is 0 Å². The maximum Gasteiger partial charge on any atom is 0.305 e. The molecule has 6 heteroatoms. The molecule has 0 rings (SSSR count). The first kappa shape index (κ1) is 73.6. The normalized spacial score (nSPS) is 12.5. The minimum atomic E-state index is -0.659. The Morgan fingerprint density at radius 1 is 0.360 bits per heavy atom. The van der Waals surface area contributed by atoms with E-state index in [0.29, 0.717) is 25.9 Å². The van der Waals surface area contributed by atoms with Crippen molar-refractivity contribution in [3.63, 3.8) is 0 Å². The van der Waals surface area contributed by atoms with Gasteiger partial charge in [-0.25, -0.2) is 0 Å². The summed E-state index contributed by atoms with van der Waals surface area (Å²) in [5, 5.41) is 23.3. The van der Waals surface area contributed by atoms with Crippen LogP contribution in [0.5, 0.6) is 0 Å². The maximum absolute atomic E-state index is 12.5. The van der Waals surface area contributed by atoms with Crippen molar-refractivity contribution in [1.82, 2.24) is 5.32 Å². The van der Waals surface area contributed by atoms with E-state index in [1.54, 1.807) is 0 Å². The number of hydrogen-bond donors (Lipinski definition) is 3. The van der Waals surface area contributed by atoms with Crippen molar-refractivity contribution in [2.75, 3.05) is 13.2 Å². The number of rotatable bonds is 65. The summed E-state index contributed by atoms with van der Waals surface area (Å²) in [6.07, 6.45) is 79.8. The first-order valence-corrected chi connectivity index (χ1v) is 34.4. The summed E-state index contributed by atoms with van der Waals surface area (Å²) in [7, 11) is 0. The molecular formula is C69H135NO5. The lowest BCUT2D eigenvalue weighted by Gasteiger charge is -2.22. The number of amides is 1. The van der Waals surface area contributed by atoms with Gasteiger partial charge in [0.05, 0.1) is 25.4 Å². The van der Waals surface area contributed by atoms with Crippen LogP contribution in [0.15, 0.2) is 12.2 Å². The van der Waals surface area contributed by atoms with E-state index >= 15 is 0 Å². The summed E-state index contributed by atoms with van der Waals surface area (Å²) in [4.78, 5) is 24.5. The van der Waals surface area contributed by atoms with E-state index in [1.165, 1.54) is 315 Å². The number of carbonyl (C=O) groups excluding carboxylic acids is 2. The van der Waals surface area contributed by atoms with Gasteiger partial charge in [0.2, 0.25) is 5.91 Å². The van der Waals surface area contributed by atoms with Crippen molar-refractivity contribution in [3.8, 4) is 0 Å². The van der Waals surface area contributed by atoms with Gasteiger partial charge in [0.1, 0.15) is 0 Å². The zero-order valence-corrected chi connectivity index (χ0v) is 51.1. The van der Waals surface area contributed by atoms with Gasteiger partial charge < -0.3 is 20.3 Å². The molecule has 2 unspecified atom stereocenters. The number of unbranched alkanes of at least 4 members (excludes halogenated alkanes) is 52. The summed E-state index contributed by atoms with van der Waals surface area (Å²) in [6, 6.07) is -0.536. The Bertz CT molecular complexity index is 1130. The maximum atomic E-state index is 12.5. The molecule has 0 fully saturated rings. The zero-order chi connectivity index (χ0) is 54.3. The van der Waals surface area contributed by atoms with E-state index in [2.05, 4.69) is 31.3 Å². The third-order valence-electron chi connectivity index (χ3n) is 16.3. The fourth-order valence-corrected chi connectivity index (χ4v) is 11.1. The van der Waals surface area contributed by atoms with Gasteiger partial charge in [-0.2, -0.15) is 0 Å². The largest absolute Gasteiger partial charge is 0.466 e. The molecule has 0 aliphatic carbocycles. The topological polar surface area (TPSA) is 95.9 Å². The van der Waals surface area contributed by atoms with Gasteiger partial charge in [-0.3, -0.25) is 9.59 Å². The molecule has 1 amide bonds. The number of esters is 1. The molecule has 0 aromatic rings. The number of aliphatic hydroxyl groups is 2. The average Bonchev–Trinajstić information content (AvgIpc) is 3.41. The molecule has 446 valence electrons. The molecule has 75 heavy (non-hydrogen) atoms. The zero-order valence-electron chi connectivity index (χ0n) is 51.1. The second-order valence-electron chi connectivity index (χ2n) is 23.9. The Labute approximate surface area is 469 Å². The van der Waals surface area contributed by atoms with Crippen LogP contribution in [0, 0.1) is 0 Å². The van der Waals surface area contributed by atoms with Crippen LogP contribution in [0.2, 0.25) is 0 Å². The predicted octanol–water partition coefficient (Wildman–Crippen LogP) is 22.0. The highest BCUT2D eigenvalue weighted by Gasteiger charge is 2.20. The molecule has 0 radical (unpaired) electrons. The second-order valence-corrected chi connectivity index (χ2v) is 23.9. The number of allylic oxidation sites excluding steroid dienone is 2. The van der Waals surface area contributed by atoms with Crippen LogP contribution >= 0.6 is 0 Å². The molecule has 6 nitrogen and oxygen atoms in total. The highest BCUT2D eigenvalue weighted by molar-refractivity contribution is 5.76. The van der Waals surface area contributed by atoms with Crippen LogP contribution in [0.4, 0.5) is 0 Å². The second kappa shape index (κ2) is 65.1. The van der Waals surface area contributed by atoms with Crippen molar-refractivity contribution in [3.05, 3.63) is 12.2 Å². The fraction of sp³-hybridized carbons (Fsp3) is 0.942. The molecule has 3 N–H and O–H groups in total. The first-order valence-electron chi connectivity index (χ1n) is 34.4. The highest BCUT2D eigenvalue weighted by Crippen LogP contribution is 2.19. The number of hydrogen-bond acceptors (Lipinski definition) is 5. The Morgan fingerprint density at radius 3 is 0.960 bits per heavy atom. The molecule has 0 saturated carbocycles. The molecule has 0 spiro atoms. The molecular weight excluding hydrogens is 923 g/mol. The van der Waals surface area contributed by atoms with Crippen molar-refractivity contribution in [2.24, 2.45) is 0 Å². The third-order valence-corrected chi connectivity index (χ3v) is 16.3. The summed E-state index contributed by atoms with van der Waals surface area (Å²) < 4.78 is 5.48. The lowest BCUT2D eigenvalue weighted by atomic mass is 10.0. The van der Waals surface area contributed by atoms with Crippen LogP contribution < -0.4 is 5.32 Å². The molecule has 0 bridgehead atoms. The lowest BCUT2D eigenvalue weighted by Crippen LogP contribution is -2.45. The monoisotopic (exact) mass is 1060 g/mol. The van der Waals surface area contributed by atoms with Crippen LogP contribution in [-0.4, -0.2) is 47.4 Å². The van der Waals surface area contributed by atoms with Crippen LogP contribution in [0.3, 0.4) is 0 Å². The number of carbonyl (C=O) groups is 2. The van der Waals surface area contributed by atoms with E-state index in [4.69, 9.17) is 4.74 Å². The Kier molecular flexibility index (Phi) is 63.9. The number of ether oxygens (including phenoxy) is 1. The minimum Gasteiger partial charge on any atom is -0.466 e. The molecule has 0 aromatic heterocycles. The minimum absolute atomic E-state index is 0.0126. The molecule has 2 atom stereocenters. The van der Waals surface area contributed by atoms with Gasteiger partial charge in [-0.15, -0.1) is 0 Å².